The van der Waals surface area contributed by atoms with Gasteiger partial charge >= 0.3 is 0 Å². The fraction of sp³-hybridized carbons (Fsp3) is 0.536. The van der Waals surface area contributed by atoms with E-state index in [1.54, 1.807) is 14.1 Å². The molecule has 0 aromatic heterocycles. The summed E-state index contributed by atoms with van der Waals surface area (Å²) in [5.74, 6) is -2.97. The molecule has 2 aliphatic heterocycles. The predicted octanol–water partition coefficient (Wildman–Crippen LogP) is -0.178. The highest BCUT2D eigenvalue weighted by molar-refractivity contribution is 5.87. The Kier molecular flexibility index (Phi) is 7.86. The number of rotatable bonds is 6. The largest absolute Gasteiger partial charge is 0.390 e. The summed E-state index contributed by atoms with van der Waals surface area (Å²) in [5, 5.41) is 42.7. The van der Waals surface area contributed by atoms with Crippen LogP contribution in [0.25, 0.3) is 0 Å². The lowest BCUT2D eigenvalue weighted by molar-refractivity contribution is -0.449. The fourth-order valence-electron chi connectivity index (χ4n) is 6.06. The molecule has 2 aromatic rings. The van der Waals surface area contributed by atoms with E-state index in [0.29, 0.717) is 0 Å². The Bertz CT molecular complexity index is 1050. The Hall–Kier alpha value is -2.41. The highest BCUT2D eigenvalue weighted by Crippen LogP contribution is 2.42. The second-order valence-corrected chi connectivity index (χ2v) is 10.4. The van der Waals surface area contributed by atoms with Gasteiger partial charge in [-0.15, -0.1) is 0 Å². The summed E-state index contributed by atoms with van der Waals surface area (Å²) in [4.78, 5) is 13.9. The standard InChI is InChI=1S/C28H37N3O7/c1-15-14-18(31-26(34)19(16-10-6-4-7-11-16)17-12-8-5-9-13-17)28(35)27(36-15)37-25-23(33)20(29-2)22(32)21(30-3)24(25)38-28/h4-13,15,18-25,27,29-30,32-33,35H,14H2,1-3H3,(H,31,34)/t15-,18-,20-,21+,22+,23+,24?,25?,27?,28+/m1/s1. The minimum Gasteiger partial charge on any atom is -0.390 e. The summed E-state index contributed by atoms with van der Waals surface area (Å²) in [7, 11) is 3.31. The van der Waals surface area contributed by atoms with Gasteiger partial charge in [0.1, 0.15) is 18.3 Å². The lowest BCUT2D eigenvalue weighted by Crippen LogP contribution is -2.79. The first-order valence-electron chi connectivity index (χ1n) is 13.1. The smallest absolute Gasteiger partial charge is 0.239 e. The molecule has 3 aliphatic rings. The molecule has 10 nitrogen and oxygen atoms in total. The average Bonchev–Trinajstić information content (AvgIpc) is 2.91. The number of carbonyl (C=O) groups is 1. The van der Waals surface area contributed by atoms with Crippen molar-refractivity contribution in [2.45, 2.75) is 80.0 Å². The van der Waals surface area contributed by atoms with E-state index in [4.69, 9.17) is 14.2 Å². The molecule has 1 saturated carbocycles. The van der Waals surface area contributed by atoms with Crippen molar-refractivity contribution in [2.24, 2.45) is 0 Å². The van der Waals surface area contributed by atoms with Crippen molar-refractivity contribution in [2.75, 3.05) is 14.1 Å². The summed E-state index contributed by atoms with van der Waals surface area (Å²) < 4.78 is 18.3. The molecule has 0 spiro atoms. The molecular formula is C28H37N3O7. The van der Waals surface area contributed by atoms with Crippen LogP contribution in [-0.2, 0) is 19.0 Å². The number of carbonyl (C=O) groups excluding carboxylic acids is 1. The first-order chi connectivity index (χ1) is 18.3. The molecule has 206 valence electrons. The lowest BCUT2D eigenvalue weighted by Gasteiger charge is -2.58. The van der Waals surface area contributed by atoms with E-state index in [0.717, 1.165) is 11.1 Å². The maximum absolute atomic E-state index is 13.9. The minimum atomic E-state index is -2.05. The zero-order chi connectivity index (χ0) is 27.0. The first-order valence-corrected chi connectivity index (χ1v) is 13.1. The second kappa shape index (κ2) is 11.0. The Morgan fingerprint density at radius 2 is 1.47 bits per heavy atom. The molecular weight excluding hydrogens is 490 g/mol. The van der Waals surface area contributed by atoms with Gasteiger partial charge in [0.25, 0.3) is 0 Å². The van der Waals surface area contributed by atoms with E-state index < -0.39 is 60.5 Å². The SMILES string of the molecule is CN[C@@H]1[C@H](O)[C@H](NC)C2O[C@]3(O)C(OC2[C@H]1O)O[C@H](C)C[C@H]3NC(=O)C(c1ccccc1)c1ccccc1. The summed E-state index contributed by atoms with van der Waals surface area (Å²) in [6.45, 7) is 1.83. The molecule has 10 heteroatoms. The molecule has 2 heterocycles. The van der Waals surface area contributed by atoms with Crippen molar-refractivity contribution in [3.63, 3.8) is 0 Å². The number of aliphatic hydroxyl groups is 3. The summed E-state index contributed by atoms with van der Waals surface area (Å²) in [6.07, 6.45) is -5.31. The van der Waals surface area contributed by atoms with E-state index in [1.807, 2.05) is 67.6 Å². The van der Waals surface area contributed by atoms with Crippen LogP contribution in [0, 0.1) is 0 Å². The van der Waals surface area contributed by atoms with E-state index >= 15 is 0 Å². The van der Waals surface area contributed by atoms with Gasteiger partial charge in [-0.2, -0.15) is 0 Å². The Morgan fingerprint density at radius 3 is 2.03 bits per heavy atom. The van der Waals surface area contributed by atoms with Gasteiger partial charge < -0.3 is 45.5 Å². The summed E-state index contributed by atoms with van der Waals surface area (Å²) in [6, 6.07) is 16.7. The van der Waals surface area contributed by atoms with Gasteiger partial charge in [-0.25, -0.2) is 0 Å². The highest BCUT2D eigenvalue weighted by atomic mass is 16.8. The normalized spacial score (nSPS) is 38.8. The maximum Gasteiger partial charge on any atom is 0.239 e. The molecule has 0 bridgehead atoms. The average molecular weight is 528 g/mol. The molecule has 5 rings (SSSR count). The molecule has 3 unspecified atom stereocenters. The van der Waals surface area contributed by atoms with Gasteiger partial charge in [-0.1, -0.05) is 60.7 Å². The van der Waals surface area contributed by atoms with Crippen molar-refractivity contribution in [3.8, 4) is 0 Å². The van der Waals surface area contributed by atoms with E-state index in [9.17, 15) is 20.1 Å². The van der Waals surface area contributed by atoms with Crippen molar-refractivity contribution in [3.05, 3.63) is 71.8 Å². The lowest BCUT2D eigenvalue weighted by atomic mass is 9.79. The molecule has 3 fully saturated rings. The number of likely N-dealkylation sites (N-methyl/N-ethyl adjacent to an activating group) is 2. The van der Waals surface area contributed by atoms with Crippen LogP contribution in [0.15, 0.2) is 60.7 Å². The van der Waals surface area contributed by atoms with Crippen LogP contribution in [0.2, 0.25) is 0 Å². The number of amides is 1. The molecule has 10 atom stereocenters. The second-order valence-electron chi connectivity index (χ2n) is 10.4. The third-order valence-corrected chi connectivity index (χ3v) is 8.00. The predicted molar refractivity (Wildman–Crippen MR) is 138 cm³/mol. The Labute approximate surface area is 222 Å². The van der Waals surface area contributed by atoms with E-state index in [-0.39, 0.29) is 18.4 Å². The molecule has 6 N–H and O–H groups in total. The Balaban J connectivity index is 1.45. The molecule has 1 aliphatic carbocycles. The minimum absolute atomic E-state index is 0.268. The van der Waals surface area contributed by atoms with Gasteiger partial charge in [0, 0.05) is 0 Å². The van der Waals surface area contributed by atoms with Gasteiger partial charge in [0.2, 0.25) is 18.0 Å². The number of fused-ring (bicyclic) bond motifs is 2. The van der Waals surface area contributed by atoms with Crippen molar-refractivity contribution < 1.29 is 34.3 Å². The highest BCUT2D eigenvalue weighted by Gasteiger charge is 2.63. The topological polar surface area (TPSA) is 142 Å². The van der Waals surface area contributed by atoms with Crippen LogP contribution < -0.4 is 16.0 Å². The summed E-state index contributed by atoms with van der Waals surface area (Å²) in [5.41, 5.74) is 1.63. The van der Waals surface area contributed by atoms with Crippen LogP contribution >= 0.6 is 0 Å². The third kappa shape index (κ3) is 4.76. The molecule has 2 saturated heterocycles. The maximum atomic E-state index is 13.9. The number of benzene rings is 2. The van der Waals surface area contributed by atoms with Crippen LogP contribution in [0.5, 0.6) is 0 Å². The van der Waals surface area contributed by atoms with Crippen LogP contribution in [-0.4, -0.2) is 96.0 Å². The summed E-state index contributed by atoms with van der Waals surface area (Å²) >= 11 is 0. The van der Waals surface area contributed by atoms with E-state index in [2.05, 4.69) is 16.0 Å². The Morgan fingerprint density at radius 1 is 0.895 bits per heavy atom. The number of hydrogen-bond acceptors (Lipinski definition) is 9. The van der Waals surface area contributed by atoms with Crippen molar-refractivity contribution >= 4 is 5.91 Å². The number of aliphatic hydroxyl groups excluding tert-OH is 2. The van der Waals surface area contributed by atoms with Crippen LogP contribution in [0.1, 0.15) is 30.4 Å². The molecule has 2 aromatic carbocycles. The zero-order valence-corrected chi connectivity index (χ0v) is 21.7. The first kappa shape index (κ1) is 27.2. The van der Waals surface area contributed by atoms with Gasteiger partial charge in [0.15, 0.2) is 0 Å². The van der Waals surface area contributed by atoms with Gasteiger partial charge in [-0.05, 0) is 38.6 Å². The number of nitrogens with one attached hydrogen (secondary N) is 3. The van der Waals surface area contributed by atoms with Gasteiger partial charge in [0.05, 0.1) is 36.3 Å². The third-order valence-electron chi connectivity index (χ3n) is 8.00. The number of ether oxygens (including phenoxy) is 3. The zero-order valence-electron chi connectivity index (χ0n) is 21.7. The van der Waals surface area contributed by atoms with Crippen molar-refractivity contribution in [1.82, 2.24) is 16.0 Å². The fourth-order valence-corrected chi connectivity index (χ4v) is 6.06. The van der Waals surface area contributed by atoms with Crippen LogP contribution in [0.4, 0.5) is 0 Å². The molecule has 1 amide bonds. The van der Waals surface area contributed by atoms with Crippen molar-refractivity contribution in [1.29, 1.82) is 0 Å². The van der Waals surface area contributed by atoms with Gasteiger partial charge in [-0.3, -0.25) is 4.79 Å². The molecule has 38 heavy (non-hydrogen) atoms. The van der Waals surface area contributed by atoms with E-state index in [1.165, 1.54) is 0 Å². The molecule has 0 radical (unpaired) electrons. The van der Waals surface area contributed by atoms with Crippen LogP contribution in [0.3, 0.4) is 0 Å². The monoisotopic (exact) mass is 527 g/mol. The number of hydrogen-bond donors (Lipinski definition) is 6. The quantitative estimate of drug-likeness (QED) is 0.302.